The third-order valence-corrected chi connectivity index (χ3v) is 19.8. The predicted octanol–water partition coefficient (Wildman–Crippen LogP) is 19.3. The van der Waals surface area contributed by atoms with E-state index in [0.29, 0.717) is 0 Å². The fourth-order valence-electron chi connectivity index (χ4n) is 16.2. The van der Waals surface area contributed by atoms with Crippen LogP contribution in [-0.2, 0) is 5.41 Å². The topological polar surface area (TPSA) is 18.0 Å². The Bertz CT molecular complexity index is 5480. The quantitative estimate of drug-likeness (QED) is 0.139. The lowest BCUT2D eigenvalue weighted by Gasteiger charge is -2.49. The average Bonchev–Trinajstić information content (AvgIpc) is 0.753. The van der Waals surface area contributed by atoms with Crippen LogP contribution in [0.1, 0.15) is 22.3 Å². The SMILES string of the molecule is c1ccc(-c2cccc(-c3ccccc3)c2N2c3cc(-n4c5ccccc5c5ccccc54)ccc3B3c4ccc(-n5c6ccccc6c6ccccc65)cc4C(c4ccccc4)(c4ccccc4)c4cc(-n5c6ccccc6c6ccccc65)cc2c43)cc1. The van der Waals surface area contributed by atoms with Crippen molar-refractivity contribution in [2.75, 3.05) is 4.90 Å². The summed E-state index contributed by atoms with van der Waals surface area (Å²) in [6, 6.07) is 125. The van der Waals surface area contributed by atoms with Crippen LogP contribution in [0.25, 0.3) is 105 Å². The van der Waals surface area contributed by atoms with Gasteiger partial charge in [0.05, 0.1) is 44.2 Å². The van der Waals surface area contributed by atoms with Gasteiger partial charge >= 0.3 is 0 Å². The normalized spacial score (nSPS) is 13.2. The zero-order chi connectivity index (χ0) is 59.0. The van der Waals surface area contributed by atoms with Crippen LogP contribution in [0.15, 0.2) is 334 Å². The Labute approximate surface area is 521 Å². The Hall–Kier alpha value is -11.7. The first-order valence-electron chi connectivity index (χ1n) is 31.3. The molecule has 0 amide bonds. The van der Waals surface area contributed by atoms with E-state index in [1.807, 2.05) is 0 Å². The fraction of sp³-hybridized carbons (Fsp3) is 0.0118. The van der Waals surface area contributed by atoms with Gasteiger partial charge < -0.3 is 18.6 Å². The standard InChI is InChI=1S/C85H55BN4/c1-5-26-56(27-6-1)63-40-25-41-64(57-28-7-2-8-29-57)84(63)90-81-54-61(88-77-44-21-15-36-67(77)68-37-16-22-45-78(68)88)49-51-74(81)86-73-50-48-60(87-75-42-19-13-34-65(75)66-35-14-20-43-76(66)87)52-71(73)85(58-30-9-3-10-31-58,59-32-11-4-12-33-59)72-53-62(55-82(90)83(72)86)89-79-46-23-17-38-69(79)70-39-18-24-47-80(70)89/h1-55H. The lowest BCUT2D eigenvalue weighted by Crippen LogP contribution is -2.65. The number of nitrogens with zero attached hydrogens (tertiary/aromatic N) is 4. The van der Waals surface area contributed by atoms with Gasteiger partial charge in [-0.1, -0.05) is 266 Å². The maximum atomic E-state index is 2.70. The van der Waals surface area contributed by atoms with Crippen molar-refractivity contribution in [1.29, 1.82) is 0 Å². The van der Waals surface area contributed by atoms with Crippen LogP contribution in [0.4, 0.5) is 17.1 Å². The fourth-order valence-corrected chi connectivity index (χ4v) is 16.2. The van der Waals surface area contributed by atoms with Gasteiger partial charge in [-0.25, -0.2) is 0 Å². The first-order valence-corrected chi connectivity index (χ1v) is 31.3. The van der Waals surface area contributed by atoms with Gasteiger partial charge in [0.15, 0.2) is 0 Å². The van der Waals surface area contributed by atoms with Gasteiger partial charge in [0.25, 0.3) is 0 Å². The van der Waals surface area contributed by atoms with Crippen molar-refractivity contribution in [3.63, 3.8) is 0 Å². The molecule has 0 bridgehead atoms. The number of hydrogen-bond acceptors (Lipinski definition) is 1. The van der Waals surface area contributed by atoms with Crippen molar-refractivity contribution in [2.24, 2.45) is 0 Å². The summed E-state index contributed by atoms with van der Waals surface area (Å²) in [5.74, 6) is 0. The van der Waals surface area contributed by atoms with Crippen LogP contribution in [0.5, 0.6) is 0 Å². The third-order valence-electron chi connectivity index (χ3n) is 19.8. The number of rotatable bonds is 8. The monoisotopic (exact) mass is 1140 g/mol. The molecule has 5 heterocycles. The highest BCUT2D eigenvalue weighted by atomic mass is 15.2. The summed E-state index contributed by atoms with van der Waals surface area (Å²) < 4.78 is 7.54. The largest absolute Gasteiger partial charge is 0.310 e. The molecule has 17 aromatic rings. The first kappa shape index (κ1) is 50.5. The molecule has 0 radical (unpaired) electrons. The highest BCUT2D eigenvalue weighted by Gasteiger charge is 2.52. The minimum absolute atomic E-state index is 0.215. The molecule has 0 spiro atoms. The van der Waals surface area contributed by atoms with E-state index < -0.39 is 5.41 Å². The van der Waals surface area contributed by atoms with Crippen LogP contribution in [0.3, 0.4) is 0 Å². The van der Waals surface area contributed by atoms with Crippen LogP contribution >= 0.6 is 0 Å². The van der Waals surface area contributed by atoms with Gasteiger partial charge in [-0.05, 0) is 117 Å². The van der Waals surface area contributed by atoms with E-state index in [2.05, 4.69) is 352 Å². The van der Waals surface area contributed by atoms with E-state index in [1.54, 1.807) is 0 Å². The molecule has 0 aliphatic carbocycles. The molecule has 0 N–H and O–H groups in total. The molecular formula is C85H55BN4. The van der Waals surface area contributed by atoms with E-state index in [-0.39, 0.29) is 6.71 Å². The molecule has 90 heavy (non-hydrogen) atoms. The minimum atomic E-state index is -0.866. The van der Waals surface area contributed by atoms with E-state index in [0.717, 1.165) is 67.4 Å². The van der Waals surface area contributed by atoms with Crippen molar-refractivity contribution < 1.29 is 0 Å². The maximum absolute atomic E-state index is 2.70. The van der Waals surface area contributed by atoms with E-state index in [4.69, 9.17) is 0 Å². The second kappa shape index (κ2) is 19.7. The molecule has 0 atom stereocenters. The number of hydrogen-bond donors (Lipinski definition) is 0. The molecule has 4 nitrogen and oxygen atoms in total. The van der Waals surface area contributed by atoms with Gasteiger partial charge in [-0.2, -0.15) is 0 Å². The molecule has 2 aliphatic heterocycles. The Morgan fingerprint density at radius 3 is 1.03 bits per heavy atom. The van der Waals surface area contributed by atoms with Gasteiger partial charge in [-0.3, -0.25) is 0 Å². The van der Waals surface area contributed by atoms with Gasteiger partial charge in [0.1, 0.15) is 0 Å². The highest BCUT2D eigenvalue weighted by Crippen LogP contribution is 2.54. The Kier molecular flexibility index (Phi) is 11.0. The van der Waals surface area contributed by atoms with Crippen LogP contribution < -0.4 is 21.3 Å². The second-order valence-electron chi connectivity index (χ2n) is 24.2. The van der Waals surface area contributed by atoms with Crippen molar-refractivity contribution in [3.05, 3.63) is 356 Å². The molecule has 418 valence electrons. The summed E-state index contributed by atoms with van der Waals surface area (Å²) in [5, 5.41) is 7.37. The number of aromatic nitrogens is 3. The molecular weight excluding hydrogens is 1090 g/mol. The van der Waals surface area contributed by atoms with Crippen LogP contribution in [-0.4, -0.2) is 20.4 Å². The summed E-state index contributed by atoms with van der Waals surface area (Å²) in [5.41, 5.74) is 26.1. The first-order chi connectivity index (χ1) is 44.7. The Balaban J connectivity index is 1.03. The smallest absolute Gasteiger partial charge is 0.247 e. The molecule has 5 heteroatoms. The molecule has 0 saturated carbocycles. The van der Waals surface area contributed by atoms with Gasteiger partial charge in [-0.15, -0.1) is 0 Å². The Morgan fingerprint density at radius 2 is 0.600 bits per heavy atom. The molecule has 0 unspecified atom stereocenters. The summed E-state index contributed by atoms with van der Waals surface area (Å²) >= 11 is 0. The highest BCUT2D eigenvalue weighted by molar-refractivity contribution is 6.99. The third kappa shape index (κ3) is 7.14. The van der Waals surface area contributed by atoms with Crippen LogP contribution in [0.2, 0.25) is 0 Å². The van der Waals surface area contributed by atoms with Crippen molar-refractivity contribution in [3.8, 4) is 39.3 Å². The summed E-state index contributed by atoms with van der Waals surface area (Å²) in [6.45, 7) is -0.215. The van der Waals surface area contributed by atoms with Crippen LogP contribution in [0, 0.1) is 0 Å². The molecule has 2 aliphatic rings. The molecule has 3 aromatic heterocycles. The minimum Gasteiger partial charge on any atom is -0.310 e. The average molecular weight is 1140 g/mol. The van der Waals surface area contributed by atoms with Gasteiger partial charge in [0.2, 0.25) is 6.71 Å². The van der Waals surface area contributed by atoms with Gasteiger partial charge in [0, 0.05) is 71.9 Å². The molecule has 19 rings (SSSR count). The number of benzene rings is 14. The number of para-hydroxylation sites is 7. The second-order valence-corrected chi connectivity index (χ2v) is 24.2. The van der Waals surface area contributed by atoms with E-state index in [9.17, 15) is 0 Å². The number of anilines is 3. The predicted molar refractivity (Wildman–Crippen MR) is 378 cm³/mol. The maximum Gasteiger partial charge on any atom is 0.247 e. The number of fused-ring (bicyclic) bond motifs is 13. The summed E-state index contributed by atoms with van der Waals surface area (Å²) in [7, 11) is 0. The molecule has 0 saturated heterocycles. The van der Waals surface area contributed by atoms with E-state index >= 15 is 0 Å². The molecule has 14 aromatic carbocycles. The van der Waals surface area contributed by atoms with E-state index in [1.165, 1.54) is 93.0 Å². The zero-order valence-corrected chi connectivity index (χ0v) is 49.1. The van der Waals surface area contributed by atoms with Crippen molar-refractivity contribution in [2.45, 2.75) is 5.41 Å². The molecule has 0 fully saturated rings. The lowest BCUT2D eigenvalue weighted by molar-refractivity contribution is 0.749. The zero-order valence-electron chi connectivity index (χ0n) is 49.1. The lowest BCUT2D eigenvalue weighted by atomic mass is 9.29. The van der Waals surface area contributed by atoms with Crippen molar-refractivity contribution >= 4 is 106 Å². The Morgan fingerprint density at radius 1 is 0.256 bits per heavy atom. The summed E-state index contributed by atoms with van der Waals surface area (Å²) in [6.07, 6.45) is 0. The van der Waals surface area contributed by atoms with Crippen molar-refractivity contribution in [1.82, 2.24) is 13.7 Å². The summed E-state index contributed by atoms with van der Waals surface area (Å²) in [4.78, 5) is 2.70.